The molecule has 0 unspecified atom stereocenters. The Morgan fingerprint density at radius 2 is 1.92 bits per heavy atom. The van der Waals surface area contributed by atoms with Gasteiger partial charge in [-0.2, -0.15) is 4.31 Å². The molecule has 1 aliphatic carbocycles. The second kappa shape index (κ2) is 2.68. The van der Waals surface area contributed by atoms with Gasteiger partial charge in [-0.05, 0) is 18.8 Å². The number of hydrogen-bond acceptors (Lipinski definition) is 3. The van der Waals surface area contributed by atoms with Crippen molar-refractivity contribution in [2.24, 2.45) is 5.92 Å². The lowest BCUT2D eigenvalue weighted by atomic mass is 10.2. The largest absolute Gasteiger partial charge is 0.390 e. The Kier molecular flexibility index (Phi) is 1.89. The summed E-state index contributed by atoms with van der Waals surface area (Å²) in [6, 6.07) is 0. The van der Waals surface area contributed by atoms with Gasteiger partial charge in [-0.15, -0.1) is 0 Å². The lowest BCUT2D eigenvalue weighted by molar-refractivity contribution is 0.0547. The second-order valence-corrected chi connectivity index (χ2v) is 5.71. The summed E-state index contributed by atoms with van der Waals surface area (Å²) in [5, 5.41) is 8.93. The van der Waals surface area contributed by atoms with Crippen molar-refractivity contribution >= 4 is 10.0 Å². The van der Waals surface area contributed by atoms with Crippen LogP contribution in [0.4, 0.5) is 0 Å². The van der Waals surface area contributed by atoms with Crippen molar-refractivity contribution in [1.82, 2.24) is 4.31 Å². The van der Waals surface area contributed by atoms with Crippen LogP contribution in [0.1, 0.15) is 12.8 Å². The fourth-order valence-electron chi connectivity index (χ4n) is 1.33. The van der Waals surface area contributed by atoms with Crippen LogP contribution in [0.2, 0.25) is 0 Å². The number of β-amino-alcohol motifs (C(OH)–C–C–N with tert-alkyl or cyclic N) is 1. The maximum Gasteiger partial charge on any atom is 0.214 e. The first-order chi connectivity index (χ1) is 5.58. The molecule has 0 atom stereocenters. The number of aliphatic hydroxyl groups excluding tert-OH is 1. The van der Waals surface area contributed by atoms with Crippen LogP contribution in [0.15, 0.2) is 0 Å². The van der Waals surface area contributed by atoms with E-state index < -0.39 is 16.1 Å². The summed E-state index contributed by atoms with van der Waals surface area (Å²) in [7, 11) is -3.02. The highest BCUT2D eigenvalue weighted by atomic mass is 32.2. The predicted octanol–water partition coefficient (Wildman–Crippen LogP) is -0.597. The number of nitrogens with zero attached hydrogens (tertiary/aromatic N) is 1. The van der Waals surface area contributed by atoms with Crippen LogP contribution in [0.5, 0.6) is 0 Å². The minimum absolute atomic E-state index is 0.291. The van der Waals surface area contributed by atoms with Crippen LogP contribution in [-0.2, 0) is 10.0 Å². The first-order valence-corrected chi connectivity index (χ1v) is 5.85. The molecule has 2 aliphatic rings. The van der Waals surface area contributed by atoms with Crippen LogP contribution in [0, 0.1) is 5.92 Å². The van der Waals surface area contributed by atoms with Crippen molar-refractivity contribution in [2.45, 2.75) is 18.9 Å². The Hall–Kier alpha value is -0.130. The topological polar surface area (TPSA) is 57.6 Å². The van der Waals surface area contributed by atoms with E-state index in [1.54, 1.807) is 0 Å². The van der Waals surface area contributed by atoms with Gasteiger partial charge in [0.1, 0.15) is 0 Å². The highest BCUT2D eigenvalue weighted by Crippen LogP contribution is 2.32. The Morgan fingerprint density at radius 3 is 2.33 bits per heavy atom. The first-order valence-electron chi connectivity index (χ1n) is 4.24. The molecule has 4 nitrogen and oxygen atoms in total. The number of rotatable bonds is 3. The summed E-state index contributed by atoms with van der Waals surface area (Å²) < 4.78 is 24.2. The molecule has 0 aromatic heterocycles. The molecule has 1 heterocycles. The predicted molar refractivity (Wildman–Crippen MR) is 44.1 cm³/mol. The fourth-order valence-corrected chi connectivity index (χ4v) is 3.27. The second-order valence-electron chi connectivity index (χ2n) is 3.69. The summed E-state index contributed by atoms with van der Waals surface area (Å²) in [6.45, 7) is 0.601. The molecule has 1 saturated heterocycles. The van der Waals surface area contributed by atoms with E-state index in [0.29, 0.717) is 24.8 Å². The van der Waals surface area contributed by atoms with Crippen molar-refractivity contribution < 1.29 is 13.5 Å². The Balaban J connectivity index is 1.91. The van der Waals surface area contributed by atoms with Gasteiger partial charge in [0.2, 0.25) is 10.0 Å². The van der Waals surface area contributed by atoms with Gasteiger partial charge >= 0.3 is 0 Å². The zero-order chi connectivity index (χ0) is 8.77. The highest BCUT2D eigenvalue weighted by molar-refractivity contribution is 7.89. The third-order valence-electron chi connectivity index (χ3n) is 2.37. The molecule has 0 radical (unpaired) electrons. The molecule has 0 aromatic carbocycles. The molecule has 0 spiro atoms. The van der Waals surface area contributed by atoms with Crippen LogP contribution < -0.4 is 0 Å². The lowest BCUT2D eigenvalue weighted by Gasteiger charge is -2.34. The van der Waals surface area contributed by atoms with Crippen molar-refractivity contribution in [3.8, 4) is 0 Å². The summed E-state index contributed by atoms with van der Waals surface area (Å²) in [4.78, 5) is 0. The fraction of sp³-hybridized carbons (Fsp3) is 1.00. The molecule has 1 N–H and O–H groups in total. The molecule has 2 rings (SSSR count). The highest BCUT2D eigenvalue weighted by Gasteiger charge is 2.38. The van der Waals surface area contributed by atoms with Crippen LogP contribution in [0.3, 0.4) is 0 Å². The SMILES string of the molecule is O=S(=O)(CC1CC1)N1CC(O)C1. The van der Waals surface area contributed by atoms with E-state index in [1.165, 1.54) is 4.31 Å². The van der Waals surface area contributed by atoms with Gasteiger partial charge in [-0.3, -0.25) is 0 Å². The van der Waals surface area contributed by atoms with Crippen molar-refractivity contribution in [2.75, 3.05) is 18.8 Å². The van der Waals surface area contributed by atoms with Gasteiger partial charge in [0.25, 0.3) is 0 Å². The minimum Gasteiger partial charge on any atom is -0.390 e. The zero-order valence-electron chi connectivity index (χ0n) is 6.81. The van der Waals surface area contributed by atoms with Crippen molar-refractivity contribution in [3.63, 3.8) is 0 Å². The third-order valence-corrected chi connectivity index (χ3v) is 4.34. The van der Waals surface area contributed by atoms with Crippen molar-refractivity contribution in [1.29, 1.82) is 0 Å². The monoisotopic (exact) mass is 191 g/mol. The van der Waals surface area contributed by atoms with E-state index in [-0.39, 0.29) is 0 Å². The van der Waals surface area contributed by atoms with Gasteiger partial charge in [0.15, 0.2) is 0 Å². The Morgan fingerprint density at radius 1 is 1.33 bits per heavy atom. The molecule has 0 amide bonds. The normalized spacial score (nSPS) is 27.1. The summed E-state index contributed by atoms with van der Waals surface area (Å²) in [5.41, 5.74) is 0. The third kappa shape index (κ3) is 1.62. The van der Waals surface area contributed by atoms with Gasteiger partial charge in [-0.1, -0.05) is 0 Å². The van der Waals surface area contributed by atoms with Crippen molar-refractivity contribution in [3.05, 3.63) is 0 Å². The summed E-state index contributed by atoms with van der Waals surface area (Å²) in [5.74, 6) is 0.687. The molecule has 2 fully saturated rings. The molecule has 0 aromatic rings. The standard InChI is InChI=1S/C7H13NO3S/c9-7-3-8(4-7)12(10,11)5-6-1-2-6/h6-7,9H,1-5H2. The molecule has 70 valence electrons. The molecule has 5 heteroatoms. The lowest BCUT2D eigenvalue weighted by Crippen LogP contribution is -2.54. The molecular formula is C7H13NO3S. The quantitative estimate of drug-likeness (QED) is 0.648. The van der Waals surface area contributed by atoms with Crippen LogP contribution >= 0.6 is 0 Å². The van der Waals surface area contributed by atoms with E-state index >= 15 is 0 Å². The zero-order valence-corrected chi connectivity index (χ0v) is 7.63. The Labute approximate surface area is 72.2 Å². The maximum absolute atomic E-state index is 11.4. The van der Waals surface area contributed by atoms with Crippen LogP contribution in [0.25, 0.3) is 0 Å². The van der Waals surface area contributed by atoms with Gasteiger partial charge in [0.05, 0.1) is 11.9 Å². The van der Waals surface area contributed by atoms with E-state index in [2.05, 4.69) is 0 Å². The number of hydrogen-bond donors (Lipinski definition) is 1. The summed E-state index contributed by atoms with van der Waals surface area (Å²) >= 11 is 0. The molecule has 0 bridgehead atoms. The van der Waals surface area contributed by atoms with Gasteiger partial charge in [-0.25, -0.2) is 8.42 Å². The Bertz CT molecular complexity index is 264. The average Bonchev–Trinajstić information content (AvgIpc) is 2.63. The first kappa shape index (κ1) is 8.47. The molecule has 1 aliphatic heterocycles. The smallest absolute Gasteiger partial charge is 0.214 e. The minimum atomic E-state index is -3.02. The van der Waals surface area contributed by atoms with E-state index in [1.807, 2.05) is 0 Å². The van der Waals surface area contributed by atoms with Gasteiger partial charge < -0.3 is 5.11 Å². The molecular weight excluding hydrogens is 178 g/mol. The van der Waals surface area contributed by atoms with E-state index in [4.69, 9.17) is 5.11 Å². The number of sulfonamides is 1. The van der Waals surface area contributed by atoms with Gasteiger partial charge in [0, 0.05) is 13.1 Å². The van der Waals surface area contributed by atoms with E-state index in [0.717, 1.165) is 12.8 Å². The van der Waals surface area contributed by atoms with E-state index in [9.17, 15) is 8.42 Å². The molecule has 12 heavy (non-hydrogen) atoms. The van der Waals surface area contributed by atoms with Crippen LogP contribution in [-0.4, -0.2) is 42.8 Å². The average molecular weight is 191 g/mol. The summed E-state index contributed by atoms with van der Waals surface area (Å²) in [6.07, 6.45) is 1.67. The maximum atomic E-state index is 11.4. The number of aliphatic hydroxyl groups is 1. The molecule has 1 saturated carbocycles.